The van der Waals surface area contributed by atoms with Crippen LogP contribution in [0.25, 0.3) is 21.9 Å². The number of hydrogen-bond donors (Lipinski definition) is 2. The van der Waals surface area contributed by atoms with E-state index in [1.807, 2.05) is 30.3 Å². The molecule has 0 spiro atoms. The molecule has 23 heavy (non-hydrogen) atoms. The Morgan fingerprint density at radius 2 is 1.48 bits per heavy atom. The number of phenols is 2. The summed E-state index contributed by atoms with van der Waals surface area (Å²) in [6, 6.07) is 14.6. The van der Waals surface area contributed by atoms with E-state index in [1.165, 1.54) is 12.1 Å². The minimum atomic E-state index is -0.107. The molecule has 3 aromatic rings. The number of rotatable bonds is 0. The van der Waals surface area contributed by atoms with Crippen molar-refractivity contribution in [3.63, 3.8) is 0 Å². The molecule has 1 aliphatic carbocycles. The Hall–Kier alpha value is -3.50. The van der Waals surface area contributed by atoms with E-state index in [-0.39, 0.29) is 28.0 Å². The van der Waals surface area contributed by atoms with E-state index in [0.717, 1.165) is 16.7 Å². The van der Waals surface area contributed by atoms with Gasteiger partial charge in [-0.2, -0.15) is 10.5 Å². The van der Waals surface area contributed by atoms with Crippen molar-refractivity contribution in [2.45, 2.75) is 6.42 Å². The summed E-state index contributed by atoms with van der Waals surface area (Å²) in [6.07, 6.45) is 0.555. The molecule has 3 aromatic carbocycles. The second kappa shape index (κ2) is 4.50. The molecule has 4 heteroatoms. The Morgan fingerprint density at radius 3 is 2.17 bits per heavy atom. The summed E-state index contributed by atoms with van der Waals surface area (Å²) in [5.41, 5.74) is 3.77. The van der Waals surface area contributed by atoms with E-state index in [1.54, 1.807) is 0 Å². The molecule has 0 radical (unpaired) electrons. The number of hydrogen-bond acceptors (Lipinski definition) is 4. The lowest BCUT2D eigenvalue weighted by molar-refractivity contribution is 0.469. The van der Waals surface area contributed by atoms with Gasteiger partial charge in [-0.05, 0) is 35.2 Å². The SMILES string of the molecule is N#Cc1c2c(c3c(O)ccc(O)c3c1C#N)Cc1ccccc1-2. The summed E-state index contributed by atoms with van der Waals surface area (Å²) >= 11 is 0. The van der Waals surface area contributed by atoms with Gasteiger partial charge in [0.25, 0.3) is 0 Å². The molecule has 0 fully saturated rings. The average molecular weight is 298 g/mol. The first-order valence-corrected chi connectivity index (χ1v) is 7.09. The van der Waals surface area contributed by atoms with E-state index < -0.39 is 0 Å². The second-order valence-electron chi connectivity index (χ2n) is 5.51. The highest BCUT2D eigenvalue weighted by Crippen LogP contribution is 2.48. The van der Waals surface area contributed by atoms with Gasteiger partial charge in [0, 0.05) is 16.3 Å². The van der Waals surface area contributed by atoms with E-state index in [9.17, 15) is 20.7 Å². The Labute approximate surface area is 132 Å². The van der Waals surface area contributed by atoms with Crippen LogP contribution in [0, 0.1) is 22.7 Å². The van der Waals surface area contributed by atoms with Gasteiger partial charge < -0.3 is 10.2 Å². The summed E-state index contributed by atoms with van der Waals surface area (Å²) in [6.45, 7) is 0. The highest BCUT2D eigenvalue weighted by Gasteiger charge is 2.29. The van der Waals surface area contributed by atoms with Crippen LogP contribution in [0.2, 0.25) is 0 Å². The lowest BCUT2D eigenvalue weighted by atomic mass is 9.89. The minimum Gasteiger partial charge on any atom is -0.507 e. The third-order valence-electron chi connectivity index (χ3n) is 4.39. The van der Waals surface area contributed by atoms with Crippen molar-refractivity contribution >= 4 is 10.8 Å². The van der Waals surface area contributed by atoms with Crippen LogP contribution in [0.15, 0.2) is 36.4 Å². The predicted molar refractivity (Wildman–Crippen MR) is 84.9 cm³/mol. The minimum absolute atomic E-state index is 0.00264. The highest BCUT2D eigenvalue weighted by atomic mass is 16.3. The van der Waals surface area contributed by atoms with Gasteiger partial charge >= 0.3 is 0 Å². The molecule has 0 saturated carbocycles. The number of aromatic hydroxyl groups is 2. The quantitative estimate of drug-likeness (QED) is 0.486. The van der Waals surface area contributed by atoms with Crippen LogP contribution in [0.1, 0.15) is 22.3 Å². The smallest absolute Gasteiger partial charge is 0.125 e. The first-order chi connectivity index (χ1) is 11.2. The monoisotopic (exact) mass is 298 g/mol. The second-order valence-corrected chi connectivity index (χ2v) is 5.51. The number of benzene rings is 3. The molecule has 1 aliphatic rings. The average Bonchev–Trinajstić information content (AvgIpc) is 2.95. The summed E-state index contributed by atoms with van der Waals surface area (Å²) in [5.74, 6) is -0.104. The Morgan fingerprint density at radius 1 is 0.826 bits per heavy atom. The van der Waals surface area contributed by atoms with Gasteiger partial charge in [-0.3, -0.25) is 0 Å². The molecule has 0 bridgehead atoms. The molecular weight excluding hydrogens is 288 g/mol. The molecule has 0 aliphatic heterocycles. The van der Waals surface area contributed by atoms with Gasteiger partial charge in [0.1, 0.15) is 23.6 Å². The first kappa shape index (κ1) is 13.2. The first-order valence-electron chi connectivity index (χ1n) is 7.09. The number of nitriles is 2. The van der Waals surface area contributed by atoms with Gasteiger partial charge in [-0.25, -0.2) is 0 Å². The third-order valence-corrected chi connectivity index (χ3v) is 4.39. The molecule has 4 rings (SSSR count). The van der Waals surface area contributed by atoms with Gasteiger partial charge in [0.2, 0.25) is 0 Å². The summed E-state index contributed by atoms with van der Waals surface area (Å²) in [5, 5.41) is 40.4. The molecule has 0 amide bonds. The fourth-order valence-corrected chi connectivity index (χ4v) is 3.47. The van der Waals surface area contributed by atoms with E-state index in [0.29, 0.717) is 17.4 Å². The van der Waals surface area contributed by atoms with Crippen LogP contribution in [-0.4, -0.2) is 10.2 Å². The third kappa shape index (κ3) is 1.58. The highest BCUT2D eigenvalue weighted by molar-refractivity contribution is 6.07. The normalized spacial score (nSPS) is 11.6. The summed E-state index contributed by atoms with van der Waals surface area (Å²) in [4.78, 5) is 0. The molecule has 0 unspecified atom stereocenters. The maximum Gasteiger partial charge on any atom is 0.125 e. The van der Waals surface area contributed by atoms with Crippen LogP contribution < -0.4 is 0 Å². The molecule has 4 nitrogen and oxygen atoms in total. The predicted octanol–water partition coefficient (Wildman–Crippen LogP) is 3.57. The fourth-order valence-electron chi connectivity index (χ4n) is 3.47. The molecule has 0 saturated heterocycles. The molecule has 108 valence electrons. The van der Waals surface area contributed by atoms with Crippen molar-refractivity contribution in [2.75, 3.05) is 0 Å². The maximum atomic E-state index is 10.3. The van der Waals surface area contributed by atoms with Gasteiger partial charge in [-0.1, -0.05) is 24.3 Å². The van der Waals surface area contributed by atoms with Crippen molar-refractivity contribution in [2.24, 2.45) is 0 Å². The molecule has 0 heterocycles. The van der Waals surface area contributed by atoms with Crippen molar-refractivity contribution in [1.82, 2.24) is 0 Å². The molecule has 2 N–H and O–H groups in total. The summed E-state index contributed by atoms with van der Waals surface area (Å²) in [7, 11) is 0. The van der Waals surface area contributed by atoms with E-state index in [2.05, 4.69) is 6.07 Å². The van der Waals surface area contributed by atoms with Crippen LogP contribution in [-0.2, 0) is 6.42 Å². The van der Waals surface area contributed by atoms with Gasteiger partial charge in [0.15, 0.2) is 0 Å². The topological polar surface area (TPSA) is 88.0 Å². The maximum absolute atomic E-state index is 10.3. The zero-order chi connectivity index (χ0) is 16.1. The number of fused-ring (bicyclic) bond motifs is 5. The number of phenolic OH excluding ortho intramolecular Hbond substituents is 2. The van der Waals surface area contributed by atoms with Gasteiger partial charge in [0.05, 0.1) is 11.1 Å². The van der Waals surface area contributed by atoms with Crippen LogP contribution in [0.3, 0.4) is 0 Å². The molecule has 0 aromatic heterocycles. The Bertz CT molecular complexity index is 1090. The van der Waals surface area contributed by atoms with Crippen molar-refractivity contribution in [3.05, 3.63) is 58.7 Å². The summed E-state index contributed by atoms with van der Waals surface area (Å²) < 4.78 is 0. The van der Waals surface area contributed by atoms with Crippen LogP contribution >= 0.6 is 0 Å². The van der Waals surface area contributed by atoms with E-state index in [4.69, 9.17) is 0 Å². The van der Waals surface area contributed by atoms with Crippen LogP contribution in [0.4, 0.5) is 0 Å². The lowest BCUT2D eigenvalue weighted by Crippen LogP contribution is -1.95. The number of nitrogens with zero attached hydrogens (tertiary/aromatic N) is 2. The van der Waals surface area contributed by atoms with E-state index >= 15 is 0 Å². The zero-order valence-electron chi connectivity index (χ0n) is 12.0. The Balaban J connectivity index is 2.32. The molecular formula is C19H10N2O2. The Kier molecular flexibility index (Phi) is 2.58. The van der Waals surface area contributed by atoms with Crippen LogP contribution in [0.5, 0.6) is 11.5 Å². The van der Waals surface area contributed by atoms with Crippen molar-refractivity contribution in [1.29, 1.82) is 10.5 Å². The fraction of sp³-hybridized carbons (Fsp3) is 0.0526. The molecule has 0 atom stereocenters. The standard InChI is InChI=1S/C19H10N2O2/c20-8-13-14(9-21)19-16(23)6-5-15(22)18(19)12-7-10-3-1-2-4-11(10)17(12)13/h1-6,22-23H,7H2. The lowest BCUT2D eigenvalue weighted by Gasteiger charge is -2.13. The van der Waals surface area contributed by atoms with Gasteiger partial charge in [-0.15, -0.1) is 0 Å². The zero-order valence-corrected chi connectivity index (χ0v) is 12.0. The van der Waals surface area contributed by atoms with Crippen molar-refractivity contribution in [3.8, 4) is 34.8 Å². The van der Waals surface area contributed by atoms with Crippen molar-refractivity contribution < 1.29 is 10.2 Å². The largest absolute Gasteiger partial charge is 0.507 e.